The summed E-state index contributed by atoms with van der Waals surface area (Å²) in [5.41, 5.74) is 5.84. The summed E-state index contributed by atoms with van der Waals surface area (Å²) >= 11 is 1.18. The monoisotopic (exact) mass is 300 g/mol. The van der Waals surface area contributed by atoms with Gasteiger partial charge in [0.25, 0.3) is 5.91 Å². The first-order valence-corrected chi connectivity index (χ1v) is 8.10. The number of hydrogen-bond donors (Lipinski definition) is 2. The van der Waals surface area contributed by atoms with Gasteiger partial charge < -0.3 is 5.73 Å². The molecule has 0 bridgehead atoms. The summed E-state index contributed by atoms with van der Waals surface area (Å²) in [6.45, 7) is 3.83. The Balaban J connectivity index is 3.07. The van der Waals surface area contributed by atoms with Crippen LogP contribution in [0.15, 0.2) is 20.0 Å². The molecule has 1 amide bonds. The molecule has 1 aromatic heterocycles. The second-order valence-electron chi connectivity index (χ2n) is 4.50. The molecule has 1 rings (SSSR count). The SMILES string of the molecule is CC(C)C[C@H](N)C(=O)N=S(N)(=O)c1cscc1C#N. The summed E-state index contributed by atoms with van der Waals surface area (Å²) in [4.78, 5) is 11.8. The maximum absolute atomic E-state index is 12.2. The number of thiophene rings is 1. The Labute approximate surface area is 116 Å². The summed E-state index contributed by atoms with van der Waals surface area (Å²) in [5, 5.41) is 17.4. The van der Waals surface area contributed by atoms with E-state index in [1.54, 1.807) is 0 Å². The summed E-state index contributed by atoms with van der Waals surface area (Å²) in [6.07, 6.45) is 0.437. The molecule has 1 aromatic rings. The Kier molecular flexibility index (Phi) is 5.20. The van der Waals surface area contributed by atoms with Crippen LogP contribution < -0.4 is 10.9 Å². The lowest BCUT2D eigenvalue weighted by atomic mass is 10.0. The van der Waals surface area contributed by atoms with Crippen molar-refractivity contribution in [3.63, 3.8) is 0 Å². The first-order chi connectivity index (χ1) is 8.77. The van der Waals surface area contributed by atoms with Gasteiger partial charge in [-0.25, -0.2) is 9.35 Å². The van der Waals surface area contributed by atoms with Crippen LogP contribution in [0.25, 0.3) is 0 Å². The molecule has 0 aliphatic heterocycles. The predicted molar refractivity (Wildman–Crippen MR) is 74.5 cm³/mol. The molecule has 0 aliphatic rings. The van der Waals surface area contributed by atoms with Crippen LogP contribution in [0.5, 0.6) is 0 Å². The van der Waals surface area contributed by atoms with Gasteiger partial charge in [-0.15, -0.1) is 15.7 Å². The molecule has 19 heavy (non-hydrogen) atoms. The van der Waals surface area contributed by atoms with Crippen LogP contribution in [0, 0.1) is 17.2 Å². The summed E-state index contributed by atoms with van der Waals surface area (Å²) in [7, 11) is -3.41. The minimum Gasteiger partial charge on any atom is -0.320 e. The van der Waals surface area contributed by atoms with E-state index in [9.17, 15) is 9.00 Å². The topological polar surface area (TPSA) is 122 Å². The normalized spacial score (nSPS) is 15.6. The van der Waals surface area contributed by atoms with Crippen molar-refractivity contribution in [3.8, 4) is 6.07 Å². The summed E-state index contributed by atoms with van der Waals surface area (Å²) < 4.78 is 15.7. The third-order valence-corrected chi connectivity index (χ3v) is 4.64. The zero-order chi connectivity index (χ0) is 14.6. The fraction of sp³-hybridized carbons (Fsp3) is 0.455. The van der Waals surface area contributed by atoms with E-state index in [-0.39, 0.29) is 16.4 Å². The van der Waals surface area contributed by atoms with Crippen LogP contribution in [0.3, 0.4) is 0 Å². The highest BCUT2D eigenvalue weighted by Gasteiger charge is 2.20. The molecule has 0 radical (unpaired) electrons. The Bertz CT molecular complexity index is 621. The Morgan fingerprint density at radius 2 is 2.21 bits per heavy atom. The van der Waals surface area contributed by atoms with Crippen molar-refractivity contribution in [2.75, 3.05) is 0 Å². The molecule has 1 unspecified atom stereocenters. The van der Waals surface area contributed by atoms with Crippen LogP contribution in [0.2, 0.25) is 0 Å². The smallest absolute Gasteiger partial charge is 0.271 e. The molecule has 0 aliphatic carbocycles. The number of carbonyl (C=O) groups is 1. The Morgan fingerprint density at radius 3 is 2.74 bits per heavy atom. The highest BCUT2D eigenvalue weighted by Crippen LogP contribution is 2.20. The minimum absolute atomic E-state index is 0.0881. The average Bonchev–Trinajstić information content (AvgIpc) is 2.76. The molecule has 6 nitrogen and oxygen atoms in total. The number of carbonyl (C=O) groups excluding carboxylic acids is 1. The molecule has 1 heterocycles. The molecule has 0 spiro atoms. The van der Waals surface area contributed by atoms with Gasteiger partial charge in [-0.05, 0) is 12.3 Å². The first kappa shape index (κ1) is 15.8. The number of hydrogen-bond acceptors (Lipinski definition) is 5. The van der Waals surface area contributed by atoms with Crippen LogP contribution in [-0.4, -0.2) is 16.2 Å². The van der Waals surface area contributed by atoms with Gasteiger partial charge in [0.1, 0.15) is 16.0 Å². The number of nitrogens with zero attached hydrogens (tertiary/aromatic N) is 2. The van der Waals surface area contributed by atoms with E-state index >= 15 is 0 Å². The van der Waals surface area contributed by atoms with Crippen LogP contribution in [-0.2, 0) is 14.7 Å². The molecule has 4 N–H and O–H groups in total. The van der Waals surface area contributed by atoms with Crippen LogP contribution in [0.4, 0.5) is 0 Å². The van der Waals surface area contributed by atoms with E-state index in [1.807, 2.05) is 19.9 Å². The van der Waals surface area contributed by atoms with Crippen LogP contribution in [0.1, 0.15) is 25.8 Å². The zero-order valence-electron chi connectivity index (χ0n) is 10.7. The average molecular weight is 300 g/mol. The van der Waals surface area contributed by atoms with Gasteiger partial charge >= 0.3 is 0 Å². The van der Waals surface area contributed by atoms with E-state index in [2.05, 4.69) is 4.36 Å². The highest BCUT2D eigenvalue weighted by atomic mass is 32.2. The van der Waals surface area contributed by atoms with Crippen molar-refractivity contribution in [2.24, 2.45) is 21.2 Å². The maximum Gasteiger partial charge on any atom is 0.271 e. The molecule has 0 aromatic carbocycles. The summed E-state index contributed by atoms with van der Waals surface area (Å²) in [6, 6.07) is 1.04. The number of nitrogens with two attached hydrogens (primary N) is 2. The molecular weight excluding hydrogens is 284 g/mol. The van der Waals surface area contributed by atoms with Crippen molar-refractivity contribution in [1.82, 2.24) is 0 Å². The lowest BCUT2D eigenvalue weighted by molar-refractivity contribution is -0.119. The van der Waals surface area contributed by atoms with Crippen molar-refractivity contribution >= 4 is 27.2 Å². The molecule has 0 fully saturated rings. The maximum atomic E-state index is 12.2. The van der Waals surface area contributed by atoms with E-state index in [4.69, 9.17) is 16.1 Å². The van der Waals surface area contributed by atoms with E-state index < -0.39 is 21.9 Å². The summed E-state index contributed by atoms with van der Waals surface area (Å²) in [5.74, 6) is -0.477. The lowest BCUT2D eigenvalue weighted by Gasteiger charge is -2.10. The van der Waals surface area contributed by atoms with Crippen LogP contribution >= 0.6 is 11.3 Å². The standard InChI is InChI=1S/C11H16N4O2S2/c1-7(2)3-9(13)11(16)15-19(14,17)10-6-18-5-8(10)4-12/h5-7,9H,3,13H2,1-2H3,(H2,14,15,16,17)/t9-,19?/m0/s1. The zero-order valence-corrected chi connectivity index (χ0v) is 12.3. The second kappa shape index (κ2) is 6.25. The lowest BCUT2D eigenvalue weighted by Crippen LogP contribution is -2.32. The molecule has 2 atom stereocenters. The molecule has 0 saturated carbocycles. The van der Waals surface area contributed by atoms with Crippen molar-refractivity contribution in [2.45, 2.75) is 31.2 Å². The fourth-order valence-electron chi connectivity index (χ4n) is 1.45. The van der Waals surface area contributed by atoms with Gasteiger partial charge in [-0.1, -0.05) is 13.8 Å². The molecular formula is C11H16N4O2S2. The van der Waals surface area contributed by atoms with E-state index in [0.29, 0.717) is 6.42 Å². The molecule has 0 saturated heterocycles. The fourth-order valence-corrected chi connectivity index (χ4v) is 3.80. The molecule has 104 valence electrons. The quantitative estimate of drug-likeness (QED) is 0.867. The van der Waals surface area contributed by atoms with E-state index in [1.165, 1.54) is 22.1 Å². The number of amides is 1. The highest BCUT2D eigenvalue weighted by molar-refractivity contribution is 7.92. The predicted octanol–water partition coefficient (Wildman–Crippen LogP) is 1.22. The van der Waals surface area contributed by atoms with Crippen molar-refractivity contribution < 1.29 is 9.00 Å². The van der Waals surface area contributed by atoms with Gasteiger partial charge in [0.15, 0.2) is 0 Å². The van der Waals surface area contributed by atoms with Gasteiger partial charge in [0, 0.05) is 10.8 Å². The van der Waals surface area contributed by atoms with Gasteiger partial charge in [0.2, 0.25) is 0 Å². The van der Waals surface area contributed by atoms with Gasteiger partial charge in [0.05, 0.1) is 16.5 Å². The Morgan fingerprint density at radius 1 is 1.58 bits per heavy atom. The van der Waals surface area contributed by atoms with Crippen molar-refractivity contribution in [1.29, 1.82) is 5.26 Å². The van der Waals surface area contributed by atoms with Gasteiger partial charge in [-0.2, -0.15) is 5.26 Å². The third kappa shape index (κ3) is 4.11. The molecule has 8 heteroatoms. The second-order valence-corrected chi connectivity index (χ2v) is 7.00. The number of nitriles is 1. The number of rotatable bonds is 4. The van der Waals surface area contributed by atoms with Crippen molar-refractivity contribution in [3.05, 3.63) is 16.3 Å². The minimum atomic E-state index is -3.41. The first-order valence-electron chi connectivity index (χ1n) is 5.58. The van der Waals surface area contributed by atoms with Gasteiger partial charge in [-0.3, -0.25) is 4.79 Å². The largest absolute Gasteiger partial charge is 0.320 e. The Hall–Kier alpha value is -1.27. The third-order valence-electron chi connectivity index (χ3n) is 2.33. The van der Waals surface area contributed by atoms with E-state index in [0.717, 1.165) is 0 Å².